The Bertz CT molecular complexity index is 712. The van der Waals surface area contributed by atoms with E-state index in [9.17, 15) is 30.7 Å². The topological polar surface area (TPSA) is 9.23 Å². The summed E-state index contributed by atoms with van der Waals surface area (Å²) in [6.45, 7) is 1.74. The second-order valence-corrected chi connectivity index (χ2v) is 5.00. The minimum Gasteiger partial charge on any atom is -0.429 e. The summed E-state index contributed by atoms with van der Waals surface area (Å²) in [6, 6.07) is 1.75. The molecule has 0 radical (unpaired) electrons. The smallest absolute Gasteiger partial charge is 0.429 e. The first kappa shape index (κ1) is 18.1. The number of hydrogen-bond donors (Lipinski definition) is 0. The minimum atomic E-state index is -4.56. The third-order valence-corrected chi connectivity index (χ3v) is 3.13. The van der Waals surface area contributed by atoms with Crippen LogP contribution in [0.1, 0.15) is 24.5 Å². The normalized spacial score (nSPS) is 11.7. The van der Waals surface area contributed by atoms with Crippen LogP contribution in [-0.4, -0.2) is 0 Å². The van der Waals surface area contributed by atoms with Crippen molar-refractivity contribution in [3.05, 3.63) is 64.5 Å². The lowest BCUT2D eigenvalue weighted by Crippen LogP contribution is -2.25. The first-order valence-electron chi connectivity index (χ1n) is 6.85. The lowest BCUT2D eigenvalue weighted by Gasteiger charge is -2.20. The molecule has 0 atom stereocenters. The van der Waals surface area contributed by atoms with Gasteiger partial charge in [0.2, 0.25) is 0 Å². The SMILES string of the molecule is CCCc1cc(F)c(C(F)(F)Oc2cc(F)c(F)c(F)c2)c(F)c1. The average Bonchev–Trinajstić information content (AvgIpc) is 2.43. The molecule has 2 aromatic rings. The van der Waals surface area contributed by atoms with Crippen molar-refractivity contribution in [1.82, 2.24) is 0 Å². The Morgan fingerprint density at radius 2 is 1.33 bits per heavy atom. The third kappa shape index (κ3) is 3.63. The monoisotopic (exact) mass is 352 g/mol. The molecular formula is C16H11F7O. The van der Waals surface area contributed by atoms with Crippen LogP contribution in [-0.2, 0) is 12.5 Å². The highest BCUT2D eigenvalue weighted by Gasteiger charge is 2.41. The third-order valence-electron chi connectivity index (χ3n) is 3.13. The van der Waals surface area contributed by atoms with Crippen molar-refractivity contribution in [3.63, 3.8) is 0 Å². The molecule has 0 N–H and O–H groups in total. The Balaban J connectivity index is 2.40. The molecule has 0 aliphatic rings. The molecule has 1 nitrogen and oxygen atoms in total. The summed E-state index contributed by atoms with van der Waals surface area (Å²) in [5.41, 5.74) is -1.53. The molecule has 0 aliphatic carbocycles. The molecule has 0 saturated heterocycles. The fourth-order valence-electron chi connectivity index (χ4n) is 2.13. The number of ether oxygens (including phenoxy) is 1. The molecule has 24 heavy (non-hydrogen) atoms. The molecule has 2 rings (SSSR count). The summed E-state index contributed by atoms with van der Waals surface area (Å²) in [7, 11) is 0. The summed E-state index contributed by atoms with van der Waals surface area (Å²) in [5.74, 6) is -9.68. The highest BCUT2D eigenvalue weighted by molar-refractivity contribution is 5.31. The van der Waals surface area contributed by atoms with E-state index < -0.39 is 46.5 Å². The molecule has 0 unspecified atom stereocenters. The number of alkyl halides is 2. The maximum absolute atomic E-state index is 14.0. The Morgan fingerprint density at radius 1 is 0.833 bits per heavy atom. The fourth-order valence-corrected chi connectivity index (χ4v) is 2.13. The highest BCUT2D eigenvalue weighted by Crippen LogP contribution is 2.36. The molecular weight excluding hydrogens is 341 g/mol. The van der Waals surface area contributed by atoms with Gasteiger partial charge in [-0.1, -0.05) is 13.3 Å². The Labute approximate surface area is 132 Å². The van der Waals surface area contributed by atoms with Crippen molar-refractivity contribution >= 4 is 0 Å². The van der Waals surface area contributed by atoms with Gasteiger partial charge in [-0.3, -0.25) is 0 Å². The van der Waals surface area contributed by atoms with Crippen LogP contribution in [0.2, 0.25) is 0 Å². The predicted molar refractivity (Wildman–Crippen MR) is 71.2 cm³/mol. The minimum absolute atomic E-state index is 0.146. The molecule has 0 bridgehead atoms. The quantitative estimate of drug-likeness (QED) is 0.513. The van der Waals surface area contributed by atoms with E-state index in [1.807, 2.05) is 0 Å². The molecule has 130 valence electrons. The van der Waals surface area contributed by atoms with E-state index in [1.54, 1.807) is 6.92 Å². The fraction of sp³-hybridized carbons (Fsp3) is 0.250. The second-order valence-electron chi connectivity index (χ2n) is 5.00. The van der Waals surface area contributed by atoms with E-state index in [1.165, 1.54) is 0 Å². The van der Waals surface area contributed by atoms with Crippen LogP contribution < -0.4 is 4.74 Å². The predicted octanol–water partition coefficient (Wildman–Crippen LogP) is 5.46. The van der Waals surface area contributed by atoms with Crippen LogP contribution >= 0.6 is 0 Å². The number of hydrogen-bond acceptors (Lipinski definition) is 1. The summed E-state index contributed by atoms with van der Waals surface area (Å²) in [5, 5.41) is 0. The zero-order valence-electron chi connectivity index (χ0n) is 12.3. The average molecular weight is 352 g/mol. The molecule has 0 saturated carbocycles. The van der Waals surface area contributed by atoms with E-state index in [2.05, 4.69) is 4.74 Å². The van der Waals surface area contributed by atoms with E-state index in [0.717, 1.165) is 12.1 Å². The summed E-state index contributed by atoms with van der Waals surface area (Å²) < 4.78 is 98.6. The van der Waals surface area contributed by atoms with Gasteiger partial charge in [0, 0.05) is 12.1 Å². The number of aryl methyl sites for hydroxylation is 1. The van der Waals surface area contributed by atoms with Gasteiger partial charge in [0.15, 0.2) is 17.5 Å². The molecule has 0 spiro atoms. The van der Waals surface area contributed by atoms with Crippen LogP contribution in [0.5, 0.6) is 5.75 Å². The molecule has 0 aromatic heterocycles. The van der Waals surface area contributed by atoms with E-state index in [0.29, 0.717) is 6.42 Å². The van der Waals surface area contributed by atoms with Crippen molar-refractivity contribution in [1.29, 1.82) is 0 Å². The van der Waals surface area contributed by atoms with E-state index >= 15 is 0 Å². The van der Waals surface area contributed by atoms with Gasteiger partial charge in [-0.15, -0.1) is 0 Å². The lowest BCUT2D eigenvalue weighted by atomic mass is 10.1. The standard InChI is InChI=1S/C16H11F7O/c1-2-3-8-4-10(17)14(11(18)5-8)16(22,23)24-9-6-12(19)15(21)13(20)7-9/h4-7H,2-3H2,1H3. The van der Waals surface area contributed by atoms with Crippen LogP contribution in [0.25, 0.3) is 0 Å². The van der Waals surface area contributed by atoms with Crippen molar-refractivity contribution < 1.29 is 35.5 Å². The first-order valence-corrected chi connectivity index (χ1v) is 6.85. The molecule has 0 amide bonds. The summed E-state index contributed by atoms with van der Waals surface area (Å²) >= 11 is 0. The number of rotatable bonds is 5. The van der Waals surface area contributed by atoms with Gasteiger partial charge >= 0.3 is 6.11 Å². The van der Waals surface area contributed by atoms with Crippen LogP contribution in [0, 0.1) is 29.1 Å². The van der Waals surface area contributed by atoms with Gasteiger partial charge in [-0.05, 0) is 24.1 Å². The highest BCUT2D eigenvalue weighted by atomic mass is 19.3. The Kier molecular flexibility index (Phi) is 5.05. The van der Waals surface area contributed by atoms with E-state index in [-0.39, 0.29) is 24.1 Å². The van der Waals surface area contributed by atoms with Gasteiger partial charge in [0.25, 0.3) is 0 Å². The second kappa shape index (κ2) is 6.70. The van der Waals surface area contributed by atoms with E-state index in [4.69, 9.17) is 0 Å². The lowest BCUT2D eigenvalue weighted by molar-refractivity contribution is -0.189. The zero-order valence-corrected chi connectivity index (χ0v) is 12.3. The number of halogens is 7. The maximum Gasteiger partial charge on any atom is 0.432 e. The molecule has 0 heterocycles. The van der Waals surface area contributed by atoms with Crippen LogP contribution in [0.3, 0.4) is 0 Å². The van der Waals surface area contributed by atoms with Gasteiger partial charge in [0.05, 0.1) is 0 Å². The maximum atomic E-state index is 14.0. The molecule has 8 heteroatoms. The Morgan fingerprint density at radius 3 is 1.79 bits per heavy atom. The van der Waals surface area contributed by atoms with Crippen LogP contribution in [0.15, 0.2) is 24.3 Å². The molecule has 0 fully saturated rings. The summed E-state index contributed by atoms with van der Waals surface area (Å²) in [4.78, 5) is 0. The zero-order chi connectivity index (χ0) is 18.1. The van der Waals surface area contributed by atoms with Crippen molar-refractivity contribution in [3.8, 4) is 5.75 Å². The van der Waals surface area contributed by atoms with Gasteiger partial charge < -0.3 is 4.74 Å². The van der Waals surface area contributed by atoms with Gasteiger partial charge in [-0.2, -0.15) is 8.78 Å². The first-order chi connectivity index (χ1) is 11.2. The Hall–Kier alpha value is -2.25. The number of benzene rings is 2. The molecule has 2 aromatic carbocycles. The largest absolute Gasteiger partial charge is 0.432 e. The van der Waals surface area contributed by atoms with Crippen molar-refractivity contribution in [2.45, 2.75) is 25.9 Å². The summed E-state index contributed by atoms with van der Waals surface area (Å²) in [6.07, 6.45) is -3.75. The molecule has 0 aliphatic heterocycles. The van der Waals surface area contributed by atoms with Gasteiger partial charge in [0.1, 0.15) is 22.9 Å². The van der Waals surface area contributed by atoms with Crippen molar-refractivity contribution in [2.75, 3.05) is 0 Å². The van der Waals surface area contributed by atoms with Crippen LogP contribution in [0.4, 0.5) is 30.7 Å². The van der Waals surface area contributed by atoms with Crippen molar-refractivity contribution in [2.24, 2.45) is 0 Å². The van der Waals surface area contributed by atoms with Gasteiger partial charge in [-0.25, -0.2) is 22.0 Å².